The highest BCUT2D eigenvalue weighted by atomic mass is 79.9. The van der Waals surface area contributed by atoms with Gasteiger partial charge in [-0.3, -0.25) is 0 Å². The maximum Gasteiger partial charge on any atom is 0.250 e. The zero-order valence-corrected chi connectivity index (χ0v) is 14.6. The van der Waals surface area contributed by atoms with Gasteiger partial charge in [0.25, 0.3) is 0 Å². The number of rotatable bonds is 5. The Bertz CT molecular complexity index is 543. The van der Waals surface area contributed by atoms with E-state index < -0.39 is 10.0 Å². The van der Waals surface area contributed by atoms with Gasteiger partial charge >= 0.3 is 0 Å². The molecule has 1 N–H and O–H groups in total. The number of sulfonamides is 1. The van der Waals surface area contributed by atoms with E-state index in [2.05, 4.69) is 25.6 Å². The molecule has 1 aliphatic rings. The van der Waals surface area contributed by atoms with E-state index in [1.807, 2.05) is 21.0 Å². The molecule has 7 heteroatoms. The molecule has 1 aromatic heterocycles. The summed E-state index contributed by atoms with van der Waals surface area (Å²) in [5.74, 6) is 0. The van der Waals surface area contributed by atoms with Gasteiger partial charge < -0.3 is 4.90 Å². The Morgan fingerprint density at radius 2 is 2.11 bits per heavy atom. The average Bonchev–Trinajstić information content (AvgIpc) is 2.57. The Morgan fingerprint density at radius 1 is 1.47 bits per heavy atom. The summed E-state index contributed by atoms with van der Waals surface area (Å²) >= 11 is 4.62. The zero-order chi connectivity index (χ0) is 14.3. The van der Waals surface area contributed by atoms with E-state index in [1.165, 1.54) is 17.8 Å². The van der Waals surface area contributed by atoms with Crippen molar-refractivity contribution < 1.29 is 8.42 Å². The van der Waals surface area contributed by atoms with Gasteiger partial charge in [-0.15, -0.1) is 11.3 Å². The fourth-order valence-corrected chi connectivity index (χ4v) is 5.62. The lowest BCUT2D eigenvalue weighted by molar-refractivity contribution is 0.0657. The van der Waals surface area contributed by atoms with Crippen LogP contribution in [0.1, 0.15) is 24.8 Å². The van der Waals surface area contributed by atoms with E-state index in [1.54, 1.807) is 6.07 Å². The number of hydrogen-bond acceptors (Lipinski definition) is 4. The summed E-state index contributed by atoms with van der Waals surface area (Å²) in [5, 5.41) is 0. The van der Waals surface area contributed by atoms with Crippen LogP contribution in [0.25, 0.3) is 0 Å². The Morgan fingerprint density at radius 3 is 2.47 bits per heavy atom. The monoisotopic (exact) mass is 366 g/mol. The smallest absolute Gasteiger partial charge is 0.250 e. The average molecular weight is 367 g/mol. The van der Waals surface area contributed by atoms with Gasteiger partial charge in [0, 0.05) is 12.1 Å². The van der Waals surface area contributed by atoms with Crippen molar-refractivity contribution in [1.82, 2.24) is 9.62 Å². The van der Waals surface area contributed by atoms with Gasteiger partial charge in [-0.05, 0) is 67.8 Å². The predicted octanol–water partition coefficient (Wildman–Crippen LogP) is 2.58. The van der Waals surface area contributed by atoms with Crippen LogP contribution in [-0.4, -0.2) is 39.5 Å². The second kappa shape index (κ2) is 5.44. The molecule has 1 heterocycles. The number of aryl methyl sites for hydroxylation is 1. The maximum absolute atomic E-state index is 12.3. The number of likely N-dealkylation sites (N-methyl/N-ethyl adjacent to an activating group) is 1. The van der Waals surface area contributed by atoms with E-state index in [9.17, 15) is 8.42 Å². The van der Waals surface area contributed by atoms with Crippen LogP contribution >= 0.6 is 27.3 Å². The van der Waals surface area contributed by atoms with Gasteiger partial charge in [0.05, 0.1) is 3.79 Å². The van der Waals surface area contributed by atoms with Gasteiger partial charge in [0.15, 0.2) is 0 Å². The summed E-state index contributed by atoms with van der Waals surface area (Å²) in [5.41, 5.74) is 0.952. The Kier molecular flexibility index (Phi) is 4.42. The molecular formula is C12H19BrN2O2S2. The van der Waals surface area contributed by atoms with Crippen molar-refractivity contribution in [3.63, 3.8) is 0 Å². The summed E-state index contributed by atoms with van der Waals surface area (Å²) in [6.07, 6.45) is 3.27. The minimum absolute atomic E-state index is 0.00337. The van der Waals surface area contributed by atoms with Crippen molar-refractivity contribution >= 4 is 37.3 Å². The van der Waals surface area contributed by atoms with E-state index in [0.717, 1.165) is 22.2 Å². The highest BCUT2D eigenvalue weighted by Crippen LogP contribution is 2.36. The first-order valence-corrected chi connectivity index (χ1v) is 9.29. The fraction of sp³-hybridized carbons (Fsp3) is 0.667. The molecule has 1 saturated carbocycles. The third-order valence-corrected chi connectivity index (χ3v) is 7.94. The molecule has 0 radical (unpaired) electrons. The van der Waals surface area contributed by atoms with Crippen LogP contribution in [0.3, 0.4) is 0 Å². The molecule has 0 aliphatic heterocycles. The molecule has 4 nitrogen and oxygen atoms in total. The van der Waals surface area contributed by atoms with Gasteiger partial charge in [-0.25, -0.2) is 13.1 Å². The molecule has 0 spiro atoms. The number of hydrogen-bond donors (Lipinski definition) is 1. The van der Waals surface area contributed by atoms with Crippen molar-refractivity contribution in [2.45, 2.75) is 35.9 Å². The molecule has 0 amide bonds. The molecule has 0 bridgehead atoms. The van der Waals surface area contributed by atoms with E-state index in [-0.39, 0.29) is 5.54 Å². The molecule has 0 atom stereocenters. The van der Waals surface area contributed by atoms with Crippen LogP contribution in [0.2, 0.25) is 0 Å². The molecule has 19 heavy (non-hydrogen) atoms. The number of halogens is 1. The Labute approximate surface area is 127 Å². The third-order valence-electron chi connectivity index (χ3n) is 3.92. The fourth-order valence-electron chi connectivity index (χ4n) is 2.23. The first-order chi connectivity index (χ1) is 8.77. The molecule has 1 fully saturated rings. The van der Waals surface area contributed by atoms with Crippen LogP contribution in [-0.2, 0) is 10.0 Å². The predicted molar refractivity (Wildman–Crippen MR) is 82.2 cm³/mol. The summed E-state index contributed by atoms with van der Waals surface area (Å²) < 4.78 is 28.5. The highest BCUT2D eigenvalue weighted by Gasteiger charge is 2.40. The molecule has 1 aliphatic carbocycles. The molecule has 0 unspecified atom stereocenters. The van der Waals surface area contributed by atoms with Crippen molar-refractivity contribution in [3.8, 4) is 0 Å². The molecule has 1 aromatic rings. The van der Waals surface area contributed by atoms with Gasteiger partial charge in [0.2, 0.25) is 10.0 Å². The van der Waals surface area contributed by atoms with Crippen LogP contribution in [0.4, 0.5) is 0 Å². The van der Waals surface area contributed by atoms with Crippen molar-refractivity contribution in [3.05, 3.63) is 15.4 Å². The van der Waals surface area contributed by atoms with Crippen LogP contribution < -0.4 is 4.72 Å². The van der Waals surface area contributed by atoms with Crippen molar-refractivity contribution in [2.24, 2.45) is 0 Å². The lowest BCUT2D eigenvalue weighted by Crippen LogP contribution is -2.57. The van der Waals surface area contributed by atoms with E-state index in [0.29, 0.717) is 10.8 Å². The van der Waals surface area contributed by atoms with Crippen LogP contribution in [0, 0.1) is 6.92 Å². The van der Waals surface area contributed by atoms with E-state index >= 15 is 0 Å². The standard InChI is InChI=1S/C12H19BrN2O2S2/c1-9-7-10(18-11(9)13)19(16,17)14-8-12(15(2)3)5-4-6-12/h7,14H,4-6,8H2,1-3H3. The number of thiophene rings is 1. The minimum atomic E-state index is -3.39. The van der Waals surface area contributed by atoms with Gasteiger partial charge in [-0.1, -0.05) is 0 Å². The SMILES string of the molecule is Cc1cc(S(=O)(=O)NCC2(N(C)C)CCC2)sc1Br. The first-order valence-electron chi connectivity index (χ1n) is 6.20. The largest absolute Gasteiger partial charge is 0.302 e. The Hall–Kier alpha value is 0.0500. The van der Waals surface area contributed by atoms with Crippen molar-refractivity contribution in [1.29, 1.82) is 0 Å². The summed E-state index contributed by atoms with van der Waals surface area (Å²) in [6.45, 7) is 2.38. The third kappa shape index (κ3) is 3.05. The topological polar surface area (TPSA) is 49.4 Å². The van der Waals surface area contributed by atoms with Gasteiger partial charge in [0.1, 0.15) is 4.21 Å². The second-order valence-electron chi connectivity index (χ2n) is 5.32. The molecule has 0 aromatic carbocycles. The summed E-state index contributed by atoms with van der Waals surface area (Å²) in [6, 6.07) is 1.71. The quantitative estimate of drug-likeness (QED) is 0.870. The normalized spacial score (nSPS) is 18.6. The second-order valence-corrected chi connectivity index (χ2v) is 9.68. The molecular weight excluding hydrogens is 348 g/mol. The lowest BCUT2D eigenvalue weighted by atomic mass is 9.76. The highest BCUT2D eigenvalue weighted by molar-refractivity contribution is 9.11. The number of nitrogens with one attached hydrogen (secondary N) is 1. The first kappa shape index (κ1) is 15.4. The minimum Gasteiger partial charge on any atom is -0.302 e. The Balaban J connectivity index is 2.10. The van der Waals surface area contributed by atoms with Crippen LogP contribution in [0.15, 0.2) is 14.1 Å². The zero-order valence-electron chi connectivity index (χ0n) is 11.4. The number of nitrogens with zero attached hydrogens (tertiary/aromatic N) is 1. The molecule has 0 saturated heterocycles. The maximum atomic E-state index is 12.3. The summed E-state index contributed by atoms with van der Waals surface area (Å²) in [4.78, 5) is 2.13. The van der Waals surface area contributed by atoms with E-state index in [4.69, 9.17) is 0 Å². The van der Waals surface area contributed by atoms with Crippen molar-refractivity contribution in [2.75, 3.05) is 20.6 Å². The summed E-state index contributed by atoms with van der Waals surface area (Å²) in [7, 11) is 0.633. The molecule has 108 valence electrons. The lowest BCUT2D eigenvalue weighted by Gasteiger charge is -2.47. The molecule has 2 rings (SSSR count). The van der Waals surface area contributed by atoms with Gasteiger partial charge in [-0.2, -0.15) is 0 Å². The van der Waals surface area contributed by atoms with Crippen LogP contribution in [0.5, 0.6) is 0 Å².